The number of fused-ring (bicyclic) bond motifs is 1. The summed E-state index contributed by atoms with van der Waals surface area (Å²) in [6, 6.07) is 4.57. The fraction of sp³-hybridized carbons (Fsp3) is 0.0833. The maximum atomic E-state index is 13.7. The minimum absolute atomic E-state index is 0.0164. The van der Waals surface area contributed by atoms with Crippen molar-refractivity contribution in [2.75, 3.05) is 5.73 Å². The normalized spacial score (nSPS) is 10.8. The zero-order valence-corrected chi connectivity index (χ0v) is 10.0. The van der Waals surface area contributed by atoms with E-state index in [9.17, 15) is 4.39 Å². The van der Waals surface area contributed by atoms with Crippen molar-refractivity contribution in [1.82, 2.24) is 19.9 Å². The summed E-state index contributed by atoms with van der Waals surface area (Å²) >= 11 is 0. The summed E-state index contributed by atoms with van der Waals surface area (Å²) in [6.45, 7) is 1.84. The number of ether oxygens (including phenoxy) is 1. The van der Waals surface area contributed by atoms with Crippen LogP contribution in [-0.4, -0.2) is 19.9 Å². The molecule has 0 atom stereocenters. The van der Waals surface area contributed by atoms with Gasteiger partial charge in [-0.05, 0) is 24.6 Å². The number of nitrogens with two attached hydrogens (primary N) is 1. The highest BCUT2D eigenvalue weighted by atomic mass is 19.1. The topological polar surface area (TPSA) is 89.7 Å². The monoisotopic (exact) mass is 259 g/mol. The second-order valence-electron chi connectivity index (χ2n) is 4.02. The van der Waals surface area contributed by atoms with Gasteiger partial charge in [-0.2, -0.15) is 9.97 Å². The summed E-state index contributed by atoms with van der Waals surface area (Å²) in [5.41, 5.74) is 7.27. The van der Waals surface area contributed by atoms with E-state index < -0.39 is 5.82 Å². The van der Waals surface area contributed by atoms with Crippen LogP contribution in [0.2, 0.25) is 0 Å². The van der Waals surface area contributed by atoms with E-state index in [4.69, 9.17) is 10.5 Å². The lowest BCUT2D eigenvalue weighted by Crippen LogP contribution is -1.99. The van der Waals surface area contributed by atoms with E-state index in [2.05, 4.69) is 19.9 Å². The maximum Gasteiger partial charge on any atom is 0.250 e. The van der Waals surface area contributed by atoms with Gasteiger partial charge in [-0.3, -0.25) is 0 Å². The molecule has 3 aromatic rings. The highest BCUT2D eigenvalue weighted by Gasteiger charge is 2.13. The van der Waals surface area contributed by atoms with Crippen LogP contribution >= 0.6 is 0 Å². The lowest BCUT2D eigenvalue weighted by Gasteiger charge is -2.07. The van der Waals surface area contributed by atoms with Gasteiger partial charge >= 0.3 is 0 Å². The Labute approximate surface area is 107 Å². The number of hydrogen-bond acceptors (Lipinski definition) is 5. The zero-order valence-electron chi connectivity index (χ0n) is 10.0. The summed E-state index contributed by atoms with van der Waals surface area (Å²) in [6.07, 6.45) is 1.44. The van der Waals surface area contributed by atoms with Crippen molar-refractivity contribution in [3.8, 4) is 11.6 Å². The summed E-state index contributed by atoms with van der Waals surface area (Å²) in [4.78, 5) is 14.7. The van der Waals surface area contributed by atoms with Gasteiger partial charge in [0.05, 0.1) is 6.33 Å². The van der Waals surface area contributed by atoms with Crippen LogP contribution in [0.15, 0.2) is 24.5 Å². The quantitative estimate of drug-likeness (QED) is 0.736. The van der Waals surface area contributed by atoms with E-state index in [1.54, 1.807) is 12.1 Å². The van der Waals surface area contributed by atoms with Crippen molar-refractivity contribution in [2.45, 2.75) is 6.92 Å². The lowest BCUT2D eigenvalue weighted by atomic mass is 10.2. The van der Waals surface area contributed by atoms with Gasteiger partial charge in [0.1, 0.15) is 5.52 Å². The highest BCUT2D eigenvalue weighted by Crippen LogP contribution is 2.28. The average molecular weight is 259 g/mol. The molecule has 0 radical (unpaired) electrons. The van der Waals surface area contributed by atoms with Crippen molar-refractivity contribution in [3.05, 3.63) is 35.9 Å². The van der Waals surface area contributed by atoms with Gasteiger partial charge in [0, 0.05) is 0 Å². The second-order valence-corrected chi connectivity index (χ2v) is 4.02. The summed E-state index contributed by atoms with van der Waals surface area (Å²) in [5, 5.41) is 0. The molecule has 0 fully saturated rings. The molecule has 2 aromatic heterocycles. The van der Waals surface area contributed by atoms with Crippen LogP contribution in [0, 0.1) is 12.7 Å². The van der Waals surface area contributed by atoms with Crippen molar-refractivity contribution in [2.24, 2.45) is 0 Å². The first-order chi connectivity index (χ1) is 9.13. The van der Waals surface area contributed by atoms with E-state index in [1.165, 1.54) is 12.4 Å². The molecular formula is C12H10FN5O. The number of benzene rings is 1. The van der Waals surface area contributed by atoms with Crippen molar-refractivity contribution in [3.63, 3.8) is 0 Å². The number of halogens is 1. The van der Waals surface area contributed by atoms with Gasteiger partial charge in [-0.25, -0.2) is 9.37 Å². The van der Waals surface area contributed by atoms with E-state index in [0.717, 1.165) is 5.56 Å². The maximum absolute atomic E-state index is 13.7. The smallest absolute Gasteiger partial charge is 0.250 e. The molecule has 19 heavy (non-hydrogen) atoms. The number of aromatic nitrogens is 4. The number of hydrogen-bond donors (Lipinski definition) is 2. The van der Waals surface area contributed by atoms with Crippen LogP contribution in [0.5, 0.6) is 11.6 Å². The van der Waals surface area contributed by atoms with Crippen molar-refractivity contribution in [1.29, 1.82) is 0 Å². The number of aryl methyl sites for hydroxylation is 1. The van der Waals surface area contributed by atoms with Crippen LogP contribution in [0.4, 0.5) is 10.3 Å². The number of nitrogen functional groups attached to an aromatic ring is 1. The molecule has 0 amide bonds. The Morgan fingerprint density at radius 2 is 2.16 bits per heavy atom. The van der Waals surface area contributed by atoms with E-state index in [-0.39, 0.29) is 17.6 Å². The highest BCUT2D eigenvalue weighted by molar-refractivity contribution is 5.77. The fourth-order valence-corrected chi connectivity index (χ4v) is 1.69. The van der Waals surface area contributed by atoms with Crippen LogP contribution in [-0.2, 0) is 0 Å². The molecule has 3 N–H and O–H groups in total. The first-order valence-electron chi connectivity index (χ1n) is 5.54. The second kappa shape index (κ2) is 4.20. The Hall–Kier alpha value is -2.70. The molecule has 6 nitrogen and oxygen atoms in total. The Morgan fingerprint density at radius 1 is 1.32 bits per heavy atom. The van der Waals surface area contributed by atoms with Crippen molar-refractivity contribution >= 4 is 17.1 Å². The van der Waals surface area contributed by atoms with Gasteiger partial charge in [-0.1, -0.05) is 6.07 Å². The Morgan fingerprint density at radius 3 is 3.00 bits per heavy atom. The molecule has 0 bridgehead atoms. The van der Waals surface area contributed by atoms with Gasteiger partial charge in [0.15, 0.2) is 17.2 Å². The number of nitrogens with zero attached hydrogens (tertiary/aromatic N) is 3. The molecule has 0 aliphatic carbocycles. The molecule has 0 unspecified atom stereocenters. The summed E-state index contributed by atoms with van der Waals surface area (Å²) < 4.78 is 19.1. The predicted molar refractivity (Wildman–Crippen MR) is 67.3 cm³/mol. The molecule has 2 heterocycles. The summed E-state index contributed by atoms with van der Waals surface area (Å²) in [7, 11) is 0. The fourth-order valence-electron chi connectivity index (χ4n) is 1.69. The zero-order chi connectivity index (χ0) is 13.4. The number of rotatable bonds is 2. The molecule has 0 saturated carbocycles. The Balaban J connectivity index is 2.10. The van der Waals surface area contributed by atoms with Crippen LogP contribution in [0.25, 0.3) is 11.2 Å². The molecule has 0 spiro atoms. The first-order valence-corrected chi connectivity index (χ1v) is 5.54. The van der Waals surface area contributed by atoms with Gasteiger partial charge in [0.2, 0.25) is 5.95 Å². The van der Waals surface area contributed by atoms with Gasteiger partial charge < -0.3 is 15.5 Å². The molecular weight excluding hydrogens is 249 g/mol. The number of imidazole rings is 1. The molecule has 7 heteroatoms. The van der Waals surface area contributed by atoms with Crippen molar-refractivity contribution < 1.29 is 9.13 Å². The van der Waals surface area contributed by atoms with Crippen LogP contribution < -0.4 is 10.5 Å². The largest absolute Gasteiger partial charge is 0.434 e. The molecule has 0 aliphatic heterocycles. The number of anilines is 1. The number of aromatic amines is 1. The minimum atomic E-state index is -0.476. The van der Waals surface area contributed by atoms with Crippen LogP contribution in [0.3, 0.4) is 0 Å². The summed E-state index contributed by atoms with van der Waals surface area (Å²) in [5.74, 6) is -0.239. The minimum Gasteiger partial charge on any atom is -0.434 e. The Kier molecular flexibility index (Phi) is 2.52. The van der Waals surface area contributed by atoms with Gasteiger partial charge in [-0.15, -0.1) is 0 Å². The Bertz CT molecular complexity index is 755. The molecule has 96 valence electrons. The van der Waals surface area contributed by atoms with E-state index in [0.29, 0.717) is 11.2 Å². The third kappa shape index (κ3) is 2.05. The number of H-pyrrole nitrogens is 1. The van der Waals surface area contributed by atoms with Gasteiger partial charge in [0.25, 0.3) is 5.88 Å². The molecule has 0 saturated heterocycles. The third-order valence-electron chi connectivity index (χ3n) is 2.56. The predicted octanol–water partition coefficient (Wildman–Crippen LogP) is 2.17. The molecule has 1 aromatic carbocycles. The third-order valence-corrected chi connectivity index (χ3v) is 2.56. The molecule has 3 rings (SSSR count). The first kappa shape index (κ1) is 11.4. The molecule has 0 aliphatic rings. The standard InChI is InChI=1S/C12H10FN5O/c1-6-2-3-7(13)8(4-6)19-11-9-10(16-5-15-9)17-12(14)18-11/h2-5H,1H3,(H3,14,15,16,17,18). The van der Waals surface area contributed by atoms with E-state index in [1.807, 2.05) is 6.92 Å². The lowest BCUT2D eigenvalue weighted by molar-refractivity contribution is 0.431. The van der Waals surface area contributed by atoms with Crippen LogP contribution in [0.1, 0.15) is 5.56 Å². The SMILES string of the molecule is Cc1ccc(F)c(Oc2nc(N)nc3nc[nH]c23)c1. The van der Waals surface area contributed by atoms with E-state index >= 15 is 0 Å². The number of nitrogens with one attached hydrogen (secondary N) is 1. The average Bonchev–Trinajstić information content (AvgIpc) is 2.82.